The zero-order valence-corrected chi connectivity index (χ0v) is 13.0. The molecule has 0 radical (unpaired) electrons. The van der Waals surface area contributed by atoms with Crippen molar-refractivity contribution in [2.75, 3.05) is 13.1 Å². The molecule has 2 heterocycles. The lowest BCUT2D eigenvalue weighted by atomic mass is 10.0. The van der Waals surface area contributed by atoms with Gasteiger partial charge in [0.05, 0.1) is 4.90 Å². The molecule has 1 aromatic carbocycles. The topological polar surface area (TPSA) is 68.1 Å². The molecule has 20 heavy (non-hydrogen) atoms. The molecular formula is C12H13BrN4O2S. The predicted molar refractivity (Wildman–Crippen MR) is 76.4 cm³/mol. The summed E-state index contributed by atoms with van der Waals surface area (Å²) in [4.78, 5) is 4.19. The van der Waals surface area contributed by atoms with Gasteiger partial charge in [0.25, 0.3) is 0 Å². The van der Waals surface area contributed by atoms with Crippen molar-refractivity contribution in [1.29, 1.82) is 0 Å². The lowest BCUT2D eigenvalue weighted by molar-refractivity contribution is 0.174. The molecule has 2 aromatic rings. The van der Waals surface area contributed by atoms with Gasteiger partial charge in [-0.3, -0.25) is 4.68 Å². The number of sulfonamides is 1. The Kier molecular flexibility index (Phi) is 3.61. The number of aromatic nitrogens is 3. The SMILES string of the molecule is O=S(=O)(c1ccccc1Br)N1CC(Cn2cncn2)C1. The number of nitrogens with zero attached hydrogens (tertiary/aromatic N) is 4. The van der Waals surface area contributed by atoms with Crippen molar-refractivity contribution in [3.05, 3.63) is 41.4 Å². The van der Waals surface area contributed by atoms with Gasteiger partial charge in [-0.05, 0) is 28.1 Å². The monoisotopic (exact) mass is 356 g/mol. The number of rotatable bonds is 4. The third-order valence-corrected chi connectivity index (χ3v) is 6.13. The molecule has 0 bridgehead atoms. The van der Waals surface area contributed by atoms with E-state index in [1.165, 1.54) is 10.6 Å². The van der Waals surface area contributed by atoms with Crippen LogP contribution in [0, 0.1) is 5.92 Å². The van der Waals surface area contributed by atoms with E-state index in [4.69, 9.17) is 0 Å². The summed E-state index contributed by atoms with van der Waals surface area (Å²) in [7, 11) is -3.40. The Morgan fingerprint density at radius 1 is 1.30 bits per heavy atom. The van der Waals surface area contributed by atoms with Crippen LogP contribution in [0.2, 0.25) is 0 Å². The maximum absolute atomic E-state index is 12.4. The van der Waals surface area contributed by atoms with Crippen LogP contribution in [0.15, 0.2) is 46.3 Å². The number of halogens is 1. The highest BCUT2D eigenvalue weighted by Crippen LogP contribution is 2.29. The molecule has 1 aliphatic rings. The van der Waals surface area contributed by atoms with E-state index >= 15 is 0 Å². The van der Waals surface area contributed by atoms with Crippen LogP contribution in [-0.2, 0) is 16.6 Å². The zero-order valence-electron chi connectivity index (χ0n) is 10.6. The molecule has 0 unspecified atom stereocenters. The van der Waals surface area contributed by atoms with E-state index in [0.717, 1.165) is 0 Å². The van der Waals surface area contributed by atoms with Crippen LogP contribution in [-0.4, -0.2) is 40.6 Å². The molecule has 1 saturated heterocycles. The van der Waals surface area contributed by atoms with Crippen LogP contribution >= 0.6 is 15.9 Å². The maximum atomic E-state index is 12.4. The highest BCUT2D eigenvalue weighted by molar-refractivity contribution is 9.10. The Bertz CT molecular complexity index is 696. The van der Waals surface area contributed by atoms with Crippen LogP contribution < -0.4 is 0 Å². The fraction of sp³-hybridized carbons (Fsp3) is 0.333. The minimum atomic E-state index is -3.40. The molecule has 6 nitrogen and oxygen atoms in total. The molecule has 1 aromatic heterocycles. The van der Waals surface area contributed by atoms with Crippen molar-refractivity contribution in [1.82, 2.24) is 19.1 Å². The molecule has 1 aliphatic heterocycles. The number of hydrogen-bond acceptors (Lipinski definition) is 4. The second-order valence-electron chi connectivity index (χ2n) is 4.74. The highest BCUT2D eigenvalue weighted by Gasteiger charge is 2.37. The van der Waals surface area contributed by atoms with E-state index in [2.05, 4.69) is 26.0 Å². The van der Waals surface area contributed by atoms with Crippen LogP contribution in [0.5, 0.6) is 0 Å². The Labute approximate surface area is 125 Å². The summed E-state index contributed by atoms with van der Waals surface area (Å²) in [5.74, 6) is 0.286. The highest BCUT2D eigenvalue weighted by atomic mass is 79.9. The number of benzene rings is 1. The van der Waals surface area contributed by atoms with Crippen molar-refractivity contribution in [3.63, 3.8) is 0 Å². The van der Waals surface area contributed by atoms with Gasteiger partial charge in [0.15, 0.2) is 0 Å². The van der Waals surface area contributed by atoms with Gasteiger partial charge < -0.3 is 0 Å². The van der Waals surface area contributed by atoms with Gasteiger partial charge in [-0.15, -0.1) is 0 Å². The van der Waals surface area contributed by atoms with Crippen LogP contribution in [0.3, 0.4) is 0 Å². The van der Waals surface area contributed by atoms with Crippen molar-refractivity contribution < 1.29 is 8.42 Å². The van der Waals surface area contributed by atoms with E-state index < -0.39 is 10.0 Å². The molecule has 0 aliphatic carbocycles. The Balaban J connectivity index is 1.68. The van der Waals surface area contributed by atoms with Crippen LogP contribution in [0.25, 0.3) is 0 Å². The van der Waals surface area contributed by atoms with E-state index in [1.807, 2.05) is 0 Å². The minimum Gasteiger partial charge on any atom is -0.253 e. The molecule has 1 fully saturated rings. The maximum Gasteiger partial charge on any atom is 0.244 e. The molecule has 8 heteroatoms. The first kappa shape index (κ1) is 13.7. The summed E-state index contributed by atoms with van der Waals surface area (Å²) < 4.78 is 28.7. The summed E-state index contributed by atoms with van der Waals surface area (Å²) in [5, 5.41) is 4.03. The lowest BCUT2D eigenvalue weighted by Gasteiger charge is -2.38. The molecule has 0 saturated carbocycles. The first-order valence-electron chi connectivity index (χ1n) is 6.14. The van der Waals surface area contributed by atoms with E-state index in [1.54, 1.807) is 35.3 Å². The van der Waals surface area contributed by atoms with Crippen LogP contribution in [0.4, 0.5) is 0 Å². The molecule has 106 valence electrons. The van der Waals surface area contributed by atoms with Crippen molar-refractivity contribution >= 4 is 26.0 Å². The van der Waals surface area contributed by atoms with E-state index in [0.29, 0.717) is 29.0 Å². The van der Waals surface area contributed by atoms with Crippen LogP contribution in [0.1, 0.15) is 0 Å². The van der Waals surface area contributed by atoms with Crippen molar-refractivity contribution in [2.24, 2.45) is 5.92 Å². The zero-order chi connectivity index (χ0) is 14.2. The van der Waals surface area contributed by atoms with Gasteiger partial charge in [-0.25, -0.2) is 13.4 Å². The lowest BCUT2D eigenvalue weighted by Crippen LogP contribution is -2.51. The standard InChI is InChI=1S/C12H13BrN4O2S/c13-11-3-1-2-4-12(11)20(18,19)17-6-10(7-17)5-16-9-14-8-15-16/h1-4,8-10H,5-7H2. The average molecular weight is 357 g/mol. The first-order valence-corrected chi connectivity index (χ1v) is 8.38. The minimum absolute atomic E-state index is 0.286. The van der Waals surface area contributed by atoms with E-state index in [9.17, 15) is 8.42 Å². The van der Waals surface area contributed by atoms with Gasteiger partial charge in [-0.2, -0.15) is 9.40 Å². The number of hydrogen-bond donors (Lipinski definition) is 0. The molecule has 0 spiro atoms. The molecule has 0 atom stereocenters. The Morgan fingerprint density at radius 3 is 2.70 bits per heavy atom. The Hall–Kier alpha value is -1.25. The van der Waals surface area contributed by atoms with E-state index in [-0.39, 0.29) is 5.92 Å². The summed E-state index contributed by atoms with van der Waals surface area (Å²) in [6, 6.07) is 6.88. The second-order valence-corrected chi connectivity index (χ2v) is 7.50. The van der Waals surface area contributed by atoms with Gasteiger partial charge >= 0.3 is 0 Å². The molecule has 3 rings (SSSR count). The summed E-state index contributed by atoms with van der Waals surface area (Å²) >= 11 is 3.29. The second kappa shape index (κ2) is 5.27. The van der Waals surface area contributed by atoms with Gasteiger partial charge in [0.1, 0.15) is 12.7 Å². The third kappa shape index (κ3) is 2.50. The first-order chi connectivity index (χ1) is 9.57. The molecule has 0 N–H and O–H groups in total. The smallest absolute Gasteiger partial charge is 0.244 e. The fourth-order valence-corrected chi connectivity index (χ4v) is 4.77. The summed E-state index contributed by atoms with van der Waals surface area (Å²) in [6.07, 6.45) is 3.12. The fourth-order valence-electron chi connectivity index (χ4n) is 2.22. The quantitative estimate of drug-likeness (QED) is 0.829. The van der Waals surface area contributed by atoms with Gasteiger partial charge in [-0.1, -0.05) is 12.1 Å². The predicted octanol–water partition coefficient (Wildman–Crippen LogP) is 1.36. The van der Waals surface area contributed by atoms with Crippen molar-refractivity contribution in [2.45, 2.75) is 11.4 Å². The third-order valence-electron chi connectivity index (χ3n) is 3.29. The largest absolute Gasteiger partial charge is 0.253 e. The molecule has 0 amide bonds. The average Bonchev–Trinajstić information content (AvgIpc) is 2.86. The molecular weight excluding hydrogens is 344 g/mol. The van der Waals surface area contributed by atoms with Gasteiger partial charge in [0, 0.05) is 30.0 Å². The summed E-state index contributed by atoms with van der Waals surface area (Å²) in [6.45, 7) is 1.73. The summed E-state index contributed by atoms with van der Waals surface area (Å²) in [5.41, 5.74) is 0. The normalized spacial score (nSPS) is 17.1. The Morgan fingerprint density at radius 2 is 2.05 bits per heavy atom. The van der Waals surface area contributed by atoms with Gasteiger partial charge in [0.2, 0.25) is 10.0 Å². The van der Waals surface area contributed by atoms with Crippen molar-refractivity contribution in [3.8, 4) is 0 Å².